The fourth-order valence-corrected chi connectivity index (χ4v) is 7.05. The summed E-state index contributed by atoms with van der Waals surface area (Å²) in [4.78, 5) is 44.4. The highest BCUT2D eigenvalue weighted by atomic mass is 32.2. The molecule has 0 aliphatic carbocycles. The molecule has 11 heteroatoms. The predicted molar refractivity (Wildman–Crippen MR) is 188 cm³/mol. The lowest BCUT2D eigenvalue weighted by molar-refractivity contribution is -0.130. The van der Waals surface area contributed by atoms with E-state index >= 15 is 0 Å². The molecular formula is C36H58N4O6S. The number of carbonyl (C=O) groups excluding carboxylic acids is 3. The highest BCUT2D eigenvalue weighted by molar-refractivity contribution is 7.92. The van der Waals surface area contributed by atoms with Gasteiger partial charge < -0.3 is 21.1 Å². The van der Waals surface area contributed by atoms with Crippen LogP contribution in [-0.2, 0) is 30.6 Å². The summed E-state index contributed by atoms with van der Waals surface area (Å²) in [5.74, 6) is -1.13. The molecule has 0 aliphatic rings. The summed E-state index contributed by atoms with van der Waals surface area (Å²) in [6.07, 6.45) is 3.59. The number of benzene rings is 1. The first kappa shape index (κ1) is 40.1. The maximum Gasteiger partial charge on any atom is 0.242 e. The van der Waals surface area contributed by atoms with Gasteiger partial charge in [-0.25, -0.2) is 8.42 Å². The Labute approximate surface area is 282 Å². The molecule has 0 fully saturated rings. The number of carbonyl (C=O) groups is 3. The Hall–Kier alpha value is -3.05. The molecule has 264 valence electrons. The average molecular weight is 675 g/mol. The van der Waals surface area contributed by atoms with E-state index in [1.54, 1.807) is 13.1 Å². The monoisotopic (exact) mass is 674 g/mol. The van der Waals surface area contributed by atoms with Crippen LogP contribution in [-0.4, -0.2) is 72.0 Å². The molecule has 1 heterocycles. The van der Waals surface area contributed by atoms with Crippen LogP contribution in [0.4, 0.5) is 0 Å². The van der Waals surface area contributed by atoms with E-state index in [1.807, 2.05) is 71.9 Å². The summed E-state index contributed by atoms with van der Waals surface area (Å²) in [6.45, 7) is 14.0. The molecule has 2 unspecified atom stereocenters. The summed E-state index contributed by atoms with van der Waals surface area (Å²) in [5, 5.41) is 19.9. The Morgan fingerprint density at radius 1 is 0.915 bits per heavy atom. The number of pyridine rings is 1. The number of amides is 3. The van der Waals surface area contributed by atoms with Crippen molar-refractivity contribution < 1.29 is 27.9 Å². The van der Waals surface area contributed by atoms with E-state index < -0.39 is 51.0 Å². The van der Waals surface area contributed by atoms with E-state index in [1.165, 1.54) is 0 Å². The number of nitrogens with one attached hydrogen (secondary N) is 3. The Balaban J connectivity index is 2.22. The van der Waals surface area contributed by atoms with Gasteiger partial charge in [0.25, 0.3) is 0 Å². The fraction of sp³-hybridized carbons (Fsp3) is 0.667. The largest absolute Gasteiger partial charge is 0.391 e. The van der Waals surface area contributed by atoms with Crippen molar-refractivity contribution in [3.05, 3.63) is 42.1 Å². The molecule has 0 saturated heterocycles. The number of aliphatic hydroxyl groups is 1. The summed E-state index contributed by atoms with van der Waals surface area (Å²) >= 11 is 0. The quantitative estimate of drug-likeness (QED) is 0.149. The van der Waals surface area contributed by atoms with E-state index in [-0.39, 0.29) is 36.8 Å². The molecule has 0 spiro atoms. The summed E-state index contributed by atoms with van der Waals surface area (Å²) in [7, 11) is -3.62. The van der Waals surface area contributed by atoms with Crippen molar-refractivity contribution in [1.82, 2.24) is 20.9 Å². The summed E-state index contributed by atoms with van der Waals surface area (Å²) < 4.78 is 26.4. The standard InChI is InChI=1S/C36H58N4O6S/c1-8-11-17-30(36(44)40-31(19-24(4)5)32(41)21-26(9-2)35(43)38-23-25(6)7)39-33(42)22-29(47(45,46)10-3)20-28-15-12-14-27-16-13-18-37-34(27)28/h12-16,18,24-26,29-32,41H,8-11,17,19-23H2,1-7H3,(H,38,43)(H,39,42)(H,40,44)/t26?,29?,30-,31+,32+/m1/s1. The molecule has 0 bridgehead atoms. The lowest BCUT2D eigenvalue weighted by atomic mass is 9.90. The van der Waals surface area contributed by atoms with Crippen molar-refractivity contribution in [2.75, 3.05) is 12.3 Å². The van der Waals surface area contributed by atoms with Gasteiger partial charge in [0.05, 0.1) is 22.9 Å². The van der Waals surface area contributed by atoms with E-state index in [2.05, 4.69) is 20.9 Å². The zero-order valence-electron chi connectivity index (χ0n) is 29.4. The topological polar surface area (TPSA) is 155 Å². The SMILES string of the molecule is CCCC[C@@H](NC(=O)CC(Cc1cccc2cccnc12)S(=O)(=O)CC)C(=O)N[C@@H](CC(C)C)[C@@H](O)CC(CC)C(=O)NCC(C)C. The molecule has 0 saturated carbocycles. The molecule has 2 aromatic rings. The third kappa shape index (κ3) is 13.2. The highest BCUT2D eigenvalue weighted by Gasteiger charge is 2.32. The van der Waals surface area contributed by atoms with Crippen LogP contribution >= 0.6 is 0 Å². The van der Waals surface area contributed by atoms with Gasteiger partial charge in [-0.05, 0) is 55.6 Å². The van der Waals surface area contributed by atoms with Gasteiger partial charge >= 0.3 is 0 Å². The van der Waals surface area contributed by atoms with Gasteiger partial charge in [0, 0.05) is 36.2 Å². The average Bonchev–Trinajstić information content (AvgIpc) is 3.03. The van der Waals surface area contributed by atoms with Crippen molar-refractivity contribution in [1.29, 1.82) is 0 Å². The van der Waals surface area contributed by atoms with Crippen molar-refractivity contribution in [2.45, 2.75) is 123 Å². The molecule has 1 aromatic carbocycles. The fourth-order valence-electron chi connectivity index (χ4n) is 5.74. The van der Waals surface area contributed by atoms with Crippen LogP contribution < -0.4 is 16.0 Å². The Morgan fingerprint density at radius 2 is 1.62 bits per heavy atom. The molecule has 2 rings (SSSR count). The molecule has 0 aliphatic heterocycles. The molecule has 1 aromatic heterocycles. The minimum absolute atomic E-state index is 0.112. The maximum absolute atomic E-state index is 13.7. The van der Waals surface area contributed by atoms with Crippen LogP contribution in [0.5, 0.6) is 0 Å². The minimum atomic E-state index is -3.62. The highest BCUT2D eigenvalue weighted by Crippen LogP contribution is 2.22. The van der Waals surface area contributed by atoms with Crippen molar-refractivity contribution in [3.8, 4) is 0 Å². The normalized spacial score (nSPS) is 15.2. The number of fused-ring (bicyclic) bond motifs is 1. The summed E-state index contributed by atoms with van der Waals surface area (Å²) in [5.41, 5.74) is 1.44. The van der Waals surface area contributed by atoms with Crippen LogP contribution in [0.3, 0.4) is 0 Å². The van der Waals surface area contributed by atoms with E-state index in [0.29, 0.717) is 43.7 Å². The van der Waals surface area contributed by atoms with Gasteiger partial charge in [-0.1, -0.05) is 85.6 Å². The van der Waals surface area contributed by atoms with Gasteiger partial charge in [-0.2, -0.15) is 0 Å². The molecule has 47 heavy (non-hydrogen) atoms. The van der Waals surface area contributed by atoms with Crippen LogP contribution in [0.1, 0.15) is 99.0 Å². The van der Waals surface area contributed by atoms with Crippen LogP contribution in [0.25, 0.3) is 10.9 Å². The predicted octanol–water partition coefficient (Wildman–Crippen LogP) is 4.73. The molecule has 4 N–H and O–H groups in total. The number of para-hydroxylation sites is 1. The van der Waals surface area contributed by atoms with Gasteiger partial charge in [0.2, 0.25) is 17.7 Å². The van der Waals surface area contributed by atoms with Gasteiger partial charge in [0.15, 0.2) is 9.84 Å². The molecule has 3 amide bonds. The number of aromatic nitrogens is 1. The Bertz CT molecular complexity index is 1390. The van der Waals surface area contributed by atoms with Gasteiger partial charge in [-0.15, -0.1) is 0 Å². The second kappa shape index (κ2) is 19.7. The number of rotatable bonds is 21. The Kier molecular flexibility index (Phi) is 16.8. The molecule has 5 atom stereocenters. The van der Waals surface area contributed by atoms with Crippen LogP contribution in [0, 0.1) is 17.8 Å². The smallest absolute Gasteiger partial charge is 0.242 e. The van der Waals surface area contributed by atoms with Crippen LogP contribution in [0.15, 0.2) is 36.5 Å². The minimum Gasteiger partial charge on any atom is -0.391 e. The first-order valence-corrected chi connectivity index (χ1v) is 19.0. The van der Waals surface area contributed by atoms with E-state index in [4.69, 9.17) is 0 Å². The third-order valence-corrected chi connectivity index (χ3v) is 10.7. The summed E-state index contributed by atoms with van der Waals surface area (Å²) in [6, 6.07) is 7.80. The van der Waals surface area contributed by atoms with Crippen LogP contribution in [0.2, 0.25) is 0 Å². The second-order valence-electron chi connectivity index (χ2n) is 13.5. The molecular weight excluding hydrogens is 616 g/mol. The second-order valence-corrected chi connectivity index (χ2v) is 16.1. The van der Waals surface area contributed by atoms with Gasteiger partial charge in [0.1, 0.15) is 6.04 Å². The lowest BCUT2D eigenvalue weighted by Crippen LogP contribution is -2.53. The maximum atomic E-state index is 13.7. The zero-order chi connectivity index (χ0) is 35.1. The van der Waals surface area contributed by atoms with E-state index in [9.17, 15) is 27.9 Å². The Morgan fingerprint density at radius 3 is 2.23 bits per heavy atom. The number of sulfone groups is 1. The number of nitrogens with zero attached hydrogens (tertiary/aromatic N) is 1. The first-order chi connectivity index (χ1) is 22.2. The molecule has 0 radical (unpaired) electrons. The van der Waals surface area contributed by atoms with Crippen molar-refractivity contribution >= 4 is 38.5 Å². The van der Waals surface area contributed by atoms with E-state index in [0.717, 1.165) is 17.4 Å². The van der Waals surface area contributed by atoms with Crippen molar-refractivity contribution in [3.63, 3.8) is 0 Å². The number of unbranched alkanes of at least 4 members (excludes halogenated alkanes) is 1. The number of hydrogen-bond donors (Lipinski definition) is 4. The number of hydrogen-bond acceptors (Lipinski definition) is 7. The van der Waals surface area contributed by atoms with Gasteiger partial charge in [-0.3, -0.25) is 19.4 Å². The third-order valence-electron chi connectivity index (χ3n) is 8.58. The van der Waals surface area contributed by atoms with Crippen molar-refractivity contribution in [2.24, 2.45) is 17.8 Å². The molecule has 10 nitrogen and oxygen atoms in total. The zero-order valence-corrected chi connectivity index (χ0v) is 30.2. The lowest BCUT2D eigenvalue weighted by Gasteiger charge is -2.30. The number of aliphatic hydroxyl groups excluding tert-OH is 1. The first-order valence-electron chi connectivity index (χ1n) is 17.3.